The quantitative estimate of drug-likeness (QED) is 0.192. The average molecular weight is 591 g/mol. The predicted molar refractivity (Wildman–Crippen MR) is 188 cm³/mol. The van der Waals surface area contributed by atoms with E-state index in [9.17, 15) is 0 Å². The van der Waals surface area contributed by atoms with Crippen LogP contribution in [-0.2, 0) is 0 Å². The Morgan fingerprint density at radius 2 is 1.24 bits per heavy atom. The normalized spacial score (nSPS) is 12.8. The van der Waals surface area contributed by atoms with Gasteiger partial charge in [-0.3, -0.25) is 0 Å². The maximum absolute atomic E-state index is 6.78. The van der Waals surface area contributed by atoms with Gasteiger partial charge in [0.15, 0.2) is 11.3 Å². The minimum absolute atomic E-state index is 0.0481. The zero-order valence-corrected chi connectivity index (χ0v) is 25.0. The molecule has 0 saturated carbocycles. The van der Waals surface area contributed by atoms with Gasteiger partial charge in [-0.05, 0) is 83.2 Å². The molecule has 2 aliphatic rings. The van der Waals surface area contributed by atoms with Crippen molar-refractivity contribution < 1.29 is 13.9 Å². The number of nitrogens with zero attached hydrogens (tertiary/aromatic N) is 1. The smallest absolute Gasteiger partial charge is 0.261 e. The summed E-state index contributed by atoms with van der Waals surface area (Å²) in [5.74, 6) is 3.29. The molecule has 0 spiro atoms. The molecule has 5 heteroatoms. The van der Waals surface area contributed by atoms with Crippen molar-refractivity contribution in [3.8, 4) is 23.0 Å². The van der Waals surface area contributed by atoms with Crippen LogP contribution < -0.4 is 30.8 Å². The number of para-hydroxylation sites is 1. The van der Waals surface area contributed by atoms with Gasteiger partial charge < -0.3 is 18.8 Å². The van der Waals surface area contributed by atoms with E-state index < -0.39 is 0 Å². The molecule has 7 aromatic carbocycles. The Kier molecular flexibility index (Phi) is 5.26. The summed E-state index contributed by atoms with van der Waals surface area (Å²) in [7, 11) is 0. The first-order chi connectivity index (χ1) is 22.7. The summed E-state index contributed by atoms with van der Waals surface area (Å²) >= 11 is 0. The van der Waals surface area contributed by atoms with Gasteiger partial charge in [0.1, 0.15) is 22.8 Å². The number of benzene rings is 7. The lowest BCUT2D eigenvalue weighted by molar-refractivity contribution is 0.462. The molecular formula is C41H26BNO3. The molecule has 0 radical (unpaired) electrons. The van der Waals surface area contributed by atoms with Crippen molar-refractivity contribution in [2.45, 2.75) is 6.92 Å². The minimum Gasteiger partial charge on any atom is -0.458 e. The van der Waals surface area contributed by atoms with Crippen LogP contribution in [0.4, 0.5) is 17.1 Å². The van der Waals surface area contributed by atoms with Gasteiger partial charge in [-0.1, -0.05) is 84.4 Å². The molecule has 8 aromatic rings. The highest BCUT2D eigenvalue weighted by Gasteiger charge is 2.42. The van der Waals surface area contributed by atoms with Crippen LogP contribution in [0, 0.1) is 6.92 Å². The van der Waals surface area contributed by atoms with E-state index in [0.29, 0.717) is 0 Å². The summed E-state index contributed by atoms with van der Waals surface area (Å²) < 4.78 is 20.0. The third kappa shape index (κ3) is 3.63. The molecular weight excluding hydrogens is 565 g/mol. The van der Waals surface area contributed by atoms with Crippen molar-refractivity contribution >= 4 is 72.9 Å². The Labute approximate surface area is 266 Å². The van der Waals surface area contributed by atoms with Crippen molar-refractivity contribution in [3.63, 3.8) is 0 Å². The number of ether oxygens (including phenoxy) is 2. The first-order valence-corrected chi connectivity index (χ1v) is 15.6. The van der Waals surface area contributed by atoms with Gasteiger partial charge in [0.2, 0.25) is 0 Å². The second-order valence-corrected chi connectivity index (χ2v) is 12.2. The molecule has 0 fully saturated rings. The summed E-state index contributed by atoms with van der Waals surface area (Å²) in [6.07, 6.45) is 0. The molecule has 0 saturated heterocycles. The average Bonchev–Trinajstić information content (AvgIpc) is 3.48. The monoisotopic (exact) mass is 591 g/mol. The molecule has 1 aromatic heterocycles. The fourth-order valence-electron chi connectivity index (χ4n) is 7.34. The molecule has 0 atom stereocenters. The van der Waals surface area contributed by atoms with Crippen LogP contribution in [0.3, 0.4) is 0 Å². The molecule has 0 aliphatic carbocycles. The van der Waals surface area contributed by atoms with E-state index in [0.717, 1.165) is 78.4 Å². The van der Waals surface area contributed by atoms with Crippen LogP contribution in [0.25, 0.3) is 32.7 Å². The number of rotatable bonds is 3. The highest BCUT2D eigenvalue weighted by molar-refractivity contribution is 6.99. The second kappa shape index (κ2) is 9.53. The van der Waals surface area contributed by atoms with Gasteiger partial charge in [0, 0.05) is 39.4 Å². The molecule has 0 N–H and O–H groups in total. The van der Waals surface area contributed by atoms with E-state index in [-0.39, 0.29) is 6.71 Å². The Morgan fingerprint density at radius 1 is 0.522 bits per heavy atom. The summed E-state index contributed by atoms with van der Waals surface area (Å²) in [6, 6.07) is 48.8. The highest BCUT2D eigenvalue weighted by Crippen LogP contribution is 2.43. The van der Waals surface area contributed by atoms with E-state index >= 15 is 0 Å². The number of fused-ring (bicyclic) bond motifs is 10. The van der Waals surface area contributed by atoms with Gasteiger partial charge >= 0.3 is 0 Å². The SMILES string of the molecule is Cc1ccc(N(c2ccccc2)c2ccc3c(c2)oc2c4c(ccc23)B2c3c(cccc3O4)Oc3ccc4ccccc4c32)cc1. The highest BCUT2D eigenvalue weighted by atomic mass is 16.5. The standard InChI is InChI=1S/C41H26BNO3/c1-25-14-17-28(18-15-25)43(27-9-3-2-4-10-27)29-19-20-31-32-21-22-33-41(40(32)46-37(31)24-29)45-35-13-7-12-34-39(35)42(33)38-30-11-6-5-8-26(30)16-23-36(38)44-34/h2-24H,1H3. The lowest BCUT2D eigenvalue weighted by atomic mass is 9.34. The van der Waals surface area contributed by atoms with Gasteiger partial charge in [-0.25, -0.2) is 0 Å². The molecule has 3 heterocycles. The molecule has 216 valence electrons. The maximum atomic E-state index is 6.78. The third-order valence-electron chi connectivity index (χ3n) is 9.45. The van der Waals surface area contributed by atoms with Crippen LogP contribution >= 0.6 is 0 Å². The van der Waals surface area contributed by atoms with Gasteiger partial charge in [0.25, 0.3) is 6.71 Å². The third-order valence-corrected chi connectivity index (χ3v) is 9.45. The largest absolute Gasteiger partial charge is 0.458 e. The number of anilines is 3. The second-order valence-electron chi connectivity index (χ2n) is 12.2. The Hall–Kier alpha value is -5.94. The van der Waals surface area contributed by atoms with Crippen molar-refractivity contribution in [2.24, 2.45) is 0 Å². The van der Waals surface area contributed by atoms with E-state index in [1.54, 1.807) is 0 Å². The molecule has 10 rings (SSSR count). The van der Waals surface area contributed by atoms with Gasteiger partial charge in [0.05, 0.1) is 0 Å². The molecule has 2 aliphatic heterocycles. The van der Waals surface area contributed by atoms with Crippen molar-refractivity contribution in [2.75, 3.05) is 4.90 Å². The molecule has 0 amide bonds. The molecule has 46 heavy (non-hydrogen) atoms. The van der Waals surface area contributed by atoms with Crippen LogP contribution in [0.15, 0.2) is 144 Å². The predicted octanol–water partition coefficient (Wildman–Crippen LogP) is 9.25. The maximum Gasteiger partial charge on any atom is 0.261 e. The van der Waals surface area contributed by atoms with Crippen molar-refractivity contribution in [1.29, 1.82) is 0 Å². The van der Waals surface area contributed by atoms with Crippen LogP contribution in [0.1, 0.15) is 5.56 Å². The van der Waals surface area contributed by atoms with Gasteiger partial charge in [-0.15, -0.1) is 0 Å². The molecule has 4 nitrogen and oxygen atoms in total. The zero-order valence-electron chi connectivity index (χ0n) is 25.0. The summed E-state index contributed by atoms with van der Waals surface area (Å²) in [5, 5.41) is 4.46. The van der Waals surface area contributed by atoms with Gasteiger partial charge in [-0.2, -0.15) is 0 Å². The fourth-order valence-corrected chi connectivity index (χ4v) is 7.34. The van der Waals surface area contributed by atoms with Crippen LogP contribution in [0.2, 0.25) is 0 Å². The number of hydrogen-bond donors (Lipinski definition) is 0. The fraction of sp³-hybridized carbons (Fsp3) is 0.0244. The van der Waals surface area contributed by atoms with Crippen LogP contribution in [0.5, 0.6) is 23.0 Å². The first kappa shape index (κ1) is 25.4. The Bertz CT molecular complexity index is 2500. The Balaban J connectivity index is 1.18. The summed E-state index contributed by atoms with van der Waals surface area (Å²) in [5.41, 5.74) is 9.30. The van der Waals surface area contributed by atoms with E-state index in [1.807, 2.05) is 24.3 Å². The topological polar surface area (TPSA) is 34.8 Å². The lowest BCUT2D eigenvalue weighted by Crippen LogP contribution is -2.57. The lowest BCUT2D eigenvalue weighted by Gasteiger charge is -2.33. The van der Waals surface area contributed by atoms with Crippen molar-refractivity contribution in [3.05, 3.63) is 145 Å². The van der Waals surface area contributed by atoms with Crippen molar-refractivity contribution in [1.82, 2.24) is 0 Å². The summed E-state index contributed by atoms with van der Waals surface area (Å²) in [4.78, 5) is 2.26. The van der Waals surface area contributed by atoms with E-state index in [1.165, 1.54) is 16.3 Å². The first-order valence-electron chi connectivity index (χ1n) is 15.6. The molecule has 0 bridgehead atoms. The van der Waals surface area contributed by atoms with Crippen LogP contribution in [-0.4, -0.2) is 6.71 Å². The number of hydrogen-bond acceptors (Lipinski definition) is 4. The van der Waals surface area contributed by atoms with E-state index in [2.05, 4.69) is 127 Å². The van der Waals surface area contributed by atoms with E-state index in [4.69, 9.17) is 13.9 Å². The number of aryl methyl sites for hydroxylation is 1. The minimum atomic E-state index is -0.0481. The summed E-state index contributed by atoms with van der Waals surface area (Å²) in [6.45, 7) is 2.06. The zero-order chi connectivity index (χ0) is 30.4. The number of furan rings is 1. The molecule has 0 unspecified atom stereocenters. The Morgan fingerprint density at radius 3 is 2.11 bits per heavy atom.